The number of amides is 1. The summed E-state index contributed by atoms with van der Waals surface area (Å²) in [7, 11) is 0. The summed E-state index contributed by atoms with van der Waals surface area (Å²) in [6.07, 6.45) is 0. The van der Waals surface area contributed by atoms with Crippen LogP contribution in [0.1, 0.15) is 10.4 Å². The van der Waals surface area contributed by atoms with Gasteiger partial charge in [0.05, 0.1) is 0 Å². The van der Waals surface area contributed by atoms with E-state index >= 15 is 0 Å². The third-order valence-electron chi connectivity index (χ3n) is 1.76. The van der Waals surface area contributed by atoms with Crippen LogP contribution in [-0.2, 0) is 4.79 Å². The normalized spacial score (nSPS) is 9.88. The van der Waals surface area contributed by atoms with Crippen LogP contribution >= 0.6 is 23.2 Å². The molecule has 0 saturated carbocycles. The first kappa shape index (κ1) is 13.8. The van der Waals surface area contributed by atoms with Gasteiger partial charge in [-0.15, -0.1) is 0 Å². The van der Waals surface area contributed by atoms with E-state index in [-0.39, 0.29) is 15.6 Å². The van der Waals surface area contributed by atoms with Gasteiger partial charge in [-0.25, -0.2) is 0 Å². The average molecular weight is 365 g/mol. The molecule has 0 bridgehead atoms. The second-order valence-electron chi connectivity index (χ2n) is 2.92. The SMILES string of the molecule is O=[C](CCl)[Sn][CH2]NC(=O)c1ccc(Cl)cc1. The molecule has 1 amide bonds. The van der Waals surface area contributed by atoms with Crippen molar-refractivity contribution in [1.29, 1.82) is 0 Å². The van der Waals surface area contributed by atoms with E-state index in [0.29, 0.717) is 15.1 Å². The van der Waals surface area contributed by atoms with Gasteiger partial charge in [0, 0.05) is 0 Å². The molecule has 0 aliphatic rings. The Kier molecular flexibility index (Phi) is 6.16. The van der Waals surface area contributed by atoms with Crippen molar-refractivity contribution in [2.24, 2.45) is 0 Å². The van der Waals surface area contributed by atoms with E-state index in [4.69, 9.17) is 23.2 Å². The third kappa shape index (κ3) is 4.72. The second-order valence-corrected chi connectivity index (χ2v) is 7.24. The Hall–Kier alpha value is -0.261. The summed E-state index contributed by atoms with van der Waals surface area (Å²) in [5, 5.41) is 3.29. The van der Waals surface area contributed by atoms with Gasteiger partial charge in [0.15, 0.2) is 0 Å². The van der Waals surface area contributed by atoms with Crippen molar-refractivity contribution in [2.75, 3.05) is 10.4 Å². The van der Waals surface area contributed by atoms with Gasteiger partial charge in [0.2, 0.25) is 0 Å². The molecule has 0 aliphatic carbocycles. The molecule has 0 aromatic heterocycles. The number of nitrogens with one attached hydrogen (secondary N) is 1. The number of benzene rings is 1. The molecule has 1 N–H and O–H groups in total. The molecule has 6 heteroatoms. The van der Waals surface area contributed by atoms with Crippen molar-refractivity contribution < 1.29 is 9.59 Å². The Morgan fingerprint density at radius 1 is 1.25 bits per heavy atom. The Balaban J connectivity index is 2.41. The van der Waals surface area contributed by atoms with E-state index in [9.17, 15) is 9.59 Å². The van der Waals surface area contributed by atoms with Gasteiger partial charge >= 0.3 is 114 Å². The molecule has 0 atom stereocenters. The van der Waals surface area contributed by atoms with Crippen LogP contribution in [0.3, 0.4) is 0 Å². The van der Waals surface area contributed by atoms with Crippen molar-refractivity contribution in [3.63, 3.8) is 0 Å². The second kappa shape index (κ2) is 7.14. The number of carbonyl (C=O) groups is 2. The van der Waals surface area contributed by atoms with E-state index < -0.39 is 21.1 Å². The zero-order valence-corrected chi connectivity index (χ0v) is 12.7. The molecule has 0 spiro atoms. The van der Waals surface area contributed by atoms with Crippen molar-refractivity contribution in [2.45, 2.75) is 0 Å². The van der Waals surface area contributed by atoms with Gasteiger partial charge in [-0.3, -0.25) is 0 Å². The summed E-state index contributed by atoms with van der Waals surface area (Å²) in [6.45, 7) is 0. The molecular weight excluding hydrogens is 356 g/mol. The van der Waals surface area contributed by atoms with Gasteiger partial charge < -0.3 is 0 Å². The number of halogens is 2. The number of hydrogen-bond donors (Lipinski definition) is 1. The molecule has 0 unspecified atom stereocenters. The molecule has 3 nitrogen and oxygen atoms in total. The van der Waals surface area contributed by atoms with Gasteiger partial charge in [-0.2, -0.15) is 0 Å². The topological polar surface area (TPSA) is 46.2 Å². The van der Waals surface area contributed by atoms with Crippen LogP contribution in [0.15, 0.2) is 24.3 Å². The zero-order chi connectivity index (χ0) is 12.0. The van der Waals surface area contributed by atoms with E-state index in [1.807, 2.05) is 0 Å². The van der Waals surface area contributed by atoms with Crippen LogP contribution in [0.5, 0.6) is 0 Å². The first-order valence-corrected chi connectivity index (χ1v) is 8.85. The fourth-order valence-corrected chi connectivity index (χ4v) is 3.28. The summed E-state index contributed by atoms with van der Waals surface area (Å²) in [5.41, 5.74) is 0.544. The molecule has 2 radical (unpaired) electrons. The quantitative estimate of drug-likeness (QED) is 0.635. The fourth-order valence-electron chi connectivity index (χ4n) is 0.974. The van der Waals surface area contributed by atoms with E-state index in [1.165, 1.54) is 0 Å². The first-order valence-electron chi connectivity index (χ1n) is 4.50. The van der Waals surface area contributed by atoms with Crippen LogP contribution in [0.2, 0.25) is 5.02 Å². The van der Waals surface area contributed by atoms with Crippen LogP contribution in [0.25, 0.3) is 0 Å². The number of rotatable bonds is 5. The Morgan fingerprint density at radius 2 is 1.88 bits per heavy atom. The van der Waals surface area contributed by atoms with Crippen molar-refractivity contribution in [3.05, 3.63) is 34.9 Å². The average Bonchev–Trinajstić information content (AvgIpc) is 2.29. The molecule has 0 saturated heterocycles. The van der Waals surface area contributed by atoms with Crippen LogP contribution < -0.4 is 5.32 Å². The molecule has 1 aromatic rings. The number of alkyl halides is 1. The van der Waals surface area contributed by atoms with Crippen molar-refractivity contribution in [1.82, 2.24) is 5.32 Å². The minimum absolute atomic E-state index is 0.0585. The maximum atomic E-state index is 11.6. The third-order valence-corrected chi connectivity index (χ3v) is 5.54. The predicted octanol–water partition coefficient (Wildman–Crippen LogP) is 1.50. The van der Waals surface area contributed by atoms with E-state index in [2.05, 4.69) is 5.32 Å². The van der Waals surface area contributed by atoms with Crippen LogP contribution in [-0.4, -0.2) is 41.3 Å². The summed E-state index contributed by atoms with van der Waals surface area (Å²) in [5.74, 6) is -0.122. The van der Waals surface area contributed by atoms with Crippen LogP contribution in [0.4, 0.5) is 0 Å². The van der Waals surface area contributed by atoms with Crippen molar-refractivity contribution in [3.8, 4) is 0 Å². The standard InChI is InChI=1S/C8H7ClNO.C2H2ClO.Sn/c1-10-8(11)6-2-4-7(9)5-3-6;3-1-2-4;/h2-5H,1H2,(H,10,11);1H2;. The summed E-state index contributed by atoms with van der Waals surface area (Å²) < 4.78 is 0.554. The molecule has 16 heavy (non-hydrogen) atoms. The molecule has 0 heterocycles. The Morgan fingerprint density at radius 3 is 2.44 bits per heavy atom. The van der Waals surface area contributed by atoms with Crippen molar-refractivity contribution >= 4 is 54.1 Å². The Bertz CT molecular complexity index is 381. The Labute approximate surface area is 114 Å². The fraction of sp³-hybridized carbons (Fsp3) is 0.200. The van der Waals surface area contributed by atoms with Gasteiger partial charge in [0.1, 0.15) is 0 Å². The molecule has 0 aliphatic heterocycles. The maximum absolute atomic E-state index is 11.6. The first-order chi connectivity index (χ1) is 7.63. The summed E-state index contributed by atoms with van der Waals surface area (Å²) in [6, 6.07) is 6.60. The number of hydrogen-bond acceptors (Lipinski definition) is 2. The monoisotopic (exact) mass is 365 g/mol. The summed E-state index contributed by atoms with van der Waals surface area (Å²) >= 11 is 9.85. The predicted molar refractivity (Wildman–Crippen MR) is 65.3 cm³/mol. The molecule has 1 aromatic carbocycles. The van der Waals surface area contributed by atoms with Gasteiger partial charge in [-0.05, 0) is 0 Å². The molecule has 84 valence electrons. The van der Waals surface area contributed by atoms with Gasteiger partial charge in [-0.1, -0.05) is 0 Å². The van der Waals surface area contributed by atoms with E-state index in [1.54, 1.807) is 24.3 Å². The summed E-state index contributed by atoms with van der Waals surface area (Å²) in [4.78, 5) is 22.5. The van der Waals surface area contributed by atoms with Crippen LogP contribution in [0, 0.1) is 0 Å². The van der Waals surface area contributed by atoms with E-state index in [0.717, 1.165) is 0 Å². The zero-order valence-electron chi connectivity index (χ0n) is 8.30. The number of carbonyl (C=O) groups excluding carboxylic acids is 2. The minimum atomic E-state index is -1.22. The molecule has 0 fully saturated rings. The molecular formula is C10H9Cl2NO2Sn. The molecule has 1 rings (SSSR count). The van der Waals surface area contributed by atoms with Gasteiger partial charge in [0.25, 0.3) is 0 Å².